The first-order valence-electron chi connectivity index (χ1n) is 20.7. The molecule has 1 aromatic heterocycles. The molecule has 0 saturated heterocycles. The molecule has 0 amide bonds. The van der Waals surface area contributed by atoms with E-state index in [2.05, 4.69) is 152 Å². The molecule has 3 N–H and O–H groups in total. The van der Waals surface area contributed by atoms with Crippen molar-refractivity contribution in [3.05, 3.63) is 112 Å². The van der Waals surface area contributed by atoms with Gasteiger partial charge >= 0.3 is 0 Å². The van der Waals surface area contributed by atoms with Gasteiger partial charge in [0, 0.05) is 17.1 Å². The Balaban J connectivity index is 0.000000375. The van der Waals surface area contributed by atoms with Gasteiger partial charge < -0.3 is 10.7 Å². The van der Waals surface area contributed by atoms with E-state index in [1.54, 1.807) is 0 Å². The molecule has 4 atom stereocenters. The first-order chi connectivity index (χ1) is 24.6. The number of hydrogen-bond donors (Lipinski definition) is 2. The van der Waals surface area contributed by atoms with Crippen LogP contribution in [0.3, 0.4) is 0 Å². The molecule has 2 nitrogen and oxygen atoms in total. The Labute approximate surface area is 316 Å². The molecular formula is C49H78N2. The van der Waals surface area contributed by atoms with Crippen molar-refractivity contribution in [3.8, 4) is 0 Å². The van der Waals surface area contributed by atoms with E-state index in [1.165, 1.54) is 95.7 Å². The average Bonchev–Trinajstić information content (AvgIpc) is 3.51. The zero-order valence-electron chi connectivity index (χ0n) is 35.0. The van der Waals surface area contributed by atoms with Crippen LogP contribution < -0.4 is 5.73 Å². The van der Waals surface area contributed by atoms with Gasteiger partial charge in [-0.2, -0.15) is 0 Å². The molecule has 1 aliphatic carbocycles. The van der Waals surface area contributed by atoms with Crippen LogP contribution in [0, 0.1) is 30.6 Å². The second-order valence-corrected chi connectivity index (χ2v) is 15.1. The van der Waals surface area contributed by atoms with E-state index < -0.39 is 0 Å². The van der Waals surface area contributed by atoms with Crippen molar-refractivity contribution in [2.45, 2.75) is 147 Å². The predicted octanol–water partition coefficient (Wildman–Crippen LogP) is 14.8. The van der Waals surface area contributed by atoms with Gasteiger partial charge in [0.1, 0.15) is 0 Å². The number of aryl methyl sites for hydroxylation is 2. The smallest absolute Gasteiger partial charge is 0.0457 e. The van der Waals surface area contributed by atoms with Gasteiger partial charge in [0.05, 0.1) is 0 Å². The van der Waals surface area contributed by atoms with Gasteiger partial charge in [-0.1, -0.05) is 172 Å². The Morgan fingerprint density at radius 2 is 1.61 bits per heavy atom. The standard InChI is InChI=1S/C17H23N.C16H18.C14H31N.C2H6/c1-4-6-13(3)10-15-12-18-17-9-8-14(7-5-2)11-16(15)17;1-13-3-7-15(8-4-13)11-12-16-9-5-14(2)6-10-16;1-5-12(2)7-6-8-13(3)11-14(4)9-10-15;1-2/h6,8-9,11-12,18H,4-5,7,10H2,1-3H3;3-5,7-12,14H,6H2,1-2H3;12-14H,5-11,15H2,1-4H3;1-2H3/b13-6-;12-11+;;. The van der Waals surface area contributed by atoms with Crippen molar-refractivity contribution in [2.24, 2.45) is 29.4 Å². The van der Waals surface area contributed by atoms with E-state index in [4.69, 9.17) is 5.73 Å². The minimum atomic E-state index is 0.691. The molecule has 2 heteroatoms. The molecule has 0 saturated carbocycles. The minimum absolute atomic E-state index is 0.691. The normalized spacial score (nSPS) is 15.9. The molecule has 4 rings (SSSR count). The number of aromatic nitrogens is 1. The third kappa shape index (κ3) is 19.9. The molecule has 0 aliphatic heterocycles. The maximum atomic E-state index is 5.56. The molecule has 51 heavy (non-hydrogen) atoms. The van der Waals surface area contributed by atoms with Crippen molar-refractivity contribution in [3.63, 3.8) is 0 Å². The molecule has 284 valence electrons. The lowest BCUT2D eigenvalue weighted by Crippen LogP contribution is -2.09. The summed E-state index contributed by atoms with van der Waals surface area (Å²) in [5, 5.41) is 1.39. The highest BCUT2D eigenvalue weighted by molar-refractivity contribution is 5.84. The summed E-state index contributed by atoms with van der Waals surface area (Å²) in [7, 11) is 0. The lowest BCUT2D eigenvalue weighted by atomic mass is 9.90. The fraction of sp³-hybridized carbons (Fsp3) is 0.551. The summed E-state index contributed by atoms with van der Waals surface area (Å²) in [4.78, 5) is 3.38. The van der Waals surface area contributed by atoms with Gasteiger partial charge in [0.2, 0.25) is 0 Å². The number of H-pyrrole nitrogens is 1. The van der Waals surface area contributed by atoms with Gasteiger partial charge in [0.25, 0.3) is 0 Å². The van der Waals surface area contributed by atoms with Crippen LogP contribution in [0.15, 0.2) is 90.2 Å². The molecule has 0 bridgehead atoms. The lowest BCUT2D eigenvalue weighted by Gasteiger charge is -2.17. The molecule has 1 aliphatic rings. The predicted molar refractivity (Wildman–Crippen MR) is 233 cm³/mol. The Morgan fingerprint density at radius 3 is 2.22 bits per heavy atom. The Morgan fingerprint density at radius 1 is 0.922 bits per heavy atom. The van der Waals surface area contributed by atoms with Gasteiger partial charge in [0.15, 0.2) is 0 Å². The lowest BCUT2D eigenvalue weighted by molar-refractivity contribution is 0.358. The highest BCUT2D eigenvalue weighted by Gasteiger charge is 2.09. The third-order valence-corrected chi connectivity index (χ3v) is 9.84. The van der Waals surface area contributed by atoms with Crippen molar-refractivity contribution in [2.75, 3.05) is 6.54 Å². The summed E-state index contributed by atoms with van der Waals surface area (Å²) in [5.41, 5.74) is 15.0. The van der Waals surface area contributed by atoms with Crippen molar-refractivity contribution in [1.82, 2.24) is 4.98 Å². The van der Waals surface area contributed by atoms with Gasteiger partial charge in [-0.25, -0.2) is 0 Å². The largest absolute Gasteiger partial charge is 0.361 e. The zero-order chi connectivity index (χ0) is 38.0. The number of nitrogens with one attached hydrogen (secondary N) is 1. The number of benzene rings is 2. The van der Waals surface area contributed by atoms with Crippen LogP contribution in [0.25, 0.3) is 17.0 Å². The molecular weight excluding hydrogens is 617 g/mol. The summed E-state index contributed by atoms with van der Waals surface area (Å²) in [6, 6.07) is 15.4. The Kier molecular flexibility index (Phi) is 24.8. The van der Waals surface area contributed by atoms with Crippen LogP contribution in [0.4, 0.5) is 0 Å². The van der Waals surface area contributed by atoms with Crippen molar-refractivity contribution < 1.29 is 0 Å². The van der Waals surface area contributed by atoms with E-state index in [1.807, 2.05) is 13.8 Å². The maximum Gasteiger partial charge on any atom is 0.0457 e. The topological polar surface area (TPSA) is 41.8 Å². The van der Waals surface area contributed by atoms with Crippen LogP contribution in [0.1, 0.15) is 149 Å². The number of rotatable bonds is 16. The van der Waals surface area contributed by atoms with Crippen molar-refractivity contribution >= 4 is 17.0 Å². The molecule has 0 fully saturated rings. The van der Waals surface area contributed by atoms with Gasteiger partial charge in [-0.05, 0) is 117 Å². The van der Waals surface area contributed by atoms with Crippen LogP contribution in [-0.4, -0.2) is 11.5 Å². The highest BCUT2D eigenvalue weighted by Crippen LogP contribution is 2.24. The maximum absolute atomic E-state index is 5.56. The second kappa shape index (κ2) is 27.5. The molecule has 4 unspecified atom stereocenters. The van der Waals surface area contributed by atoms with E-state index >= 15 is 0 Å². The summed E-state index contributed by atoms with van der Waals surface area (Å²) < 4.78 is 0. The van der Waals surface area contributed by atoms with Crippen LogP contribution in [0.5, 0.6) is 0 Å². The average molecular weight is 695 g/mol. The molecule has 1 heterocycles. The summed E-state index contributed by atoms with van der Waals surface area (Å²) in [6.45, 7) is 25.2. The van der Waals surface area contributed by atoms with Gasteiger partial charge in [-0.15, -0.1) is 0 Å². The minimum Gasteiger partial charge on any atom is -0.361 e. The van der Waals surface area contributed by atoms with E-state index in [9.17, 15) is 0 Å². The fourth-order valence-electron chi connectivity index (χ4n) is 6.50. The SMILES string of the molecule is CC.CC/C=C(/C)Cc1c[nH]c2ccc(CCC)cc12.CCC(C)CCCC(C)CC(C)CCN.Cc1ccc(/C=C/C2=CCC(C)C=C2)cc1. The first kappa shape index (κ1) is 45.9. The van der Waals surface area contributed by atoms with Crippen molar-refractivity contribution in [1.29, 1.82) is 0 Å². The van der Waals surface area contributed by atoms with Crippen LogP contribution in [-0.2, 0) is 12.8 Å². The quantitative estimate of drug-likeness (QED) is 0.144. The van der Waals surface area contributed by atoms with E-state index in [0.717, 1.165) is 43.6 Å². The van der Waals surface area contributed by atoms with E-state index in [0.29, 0.717) is 5.92 Å². The number of fused-ring (bicyclic) bond motifs is 1. The van der Waals surface area contributed by atoms with Crippen LogP contribution >= 0.6 is 0 Å². The molecule has 3 aromatic rings. The highest BCUT2D eigenvalue weighted by atomic mass is 14.7. The molecule has 0 spiro atoms. The van der Waals surface area contributed by atoms with Gasteiger partial charge in [-0.3, -0.25) is 0 Å². The second-order valence-electron chi connectivity index (χ2n) is 15.1. The fourth-order valence-corrected chi connectivity index (χ4v) is 6.50. The number of nitrogens with two attached hydrogens (primary N) is 1. The third-order valence-electron chi connectivity index (χ3n) is 9.84. The zero-order valence-corrected chi connectivity index (χ0v) is 35.0. The summed E-state index contributed by atoms with van der Waals surface area (Å²) >= 11 is 0. The Bertz CT molecular complexity index is 1430. The number of allylic oxidation sites excluding steroid dienone is 7. The van der Waals surface area contributed by atoms with E-state index in [-0.39, 0.29) is 0 Å². The Hall–Kier alpha value is -3.10. The number of aromatic amines is 1. The summed E-state index contributed by atoms with van der Waals surface area (Å²) in [5.74, 6) is 3.30. The first-order valence-corrected chi connectivity index (χ1v) is 20.7. The molecule has 0 radical (unpaired) electrons. The summed E-state index contributed by atoms with van der Waals surface area (Å²) in [6.07, 6.45) is 29.4. The monoisotopic (exact) mass is 695 g/mol. The van der Waals surface area contributed by atoms with Crippen LogP contribution in [0.2, 0.25) is 0 Å². The number of hydrogen-bond acceptors (Lipinski definition) is 1. The molecule has 2 aromatic carbocycles.